The van der Waals surface area contributed by atoms with Crippen molar-refractivity contribution in [3.05, 3.63) is 23.9 Å². The number of hydrogen-bond acceptors (Lipinski definition) is 4. The molecule has 0 aliphatic carbocycles. The molecule has 114 valence electrons. The first-order valence-electron chi connectivity index (χ1n) is 7.83. The Hall–Kier alpha value is -1.62. The Morgan fingerprint density at radius 2 is 2.19 bits per heavy atom. The van der Waals surface area contributed by atoms with E-state index < -0.39 is 0 Å². The molecule has 2 aliphatic heterocycles. The number of carbonyl (C=O) groups is 1. The lowest BCUT2D eigenvalue weighted by molar-refractivity contribution is 0.0313. The lowest BCUT2D eigenvalue weighted by atomic mass is 9.84. The predicted molar refractivity (Wildman–Crippen MR) is 83.4 cm³/mol. The Balaban J connectivity index is 1.71. The van der Waals surface area contributed by atoms with E-state index in [1.807, 2.05) is 30.1 Å². The minimum absolute atomic E-state index is 0.0683. The average molecular weight is 288 g/mol. The van der Waals surface area contributed by atoms with Crippen LogP contribution in [0.15, 0.2) is 18.2 Å². The summed E-state index contributed by atoms with van der Waals surface area (Å²) in [7, 11) is 4.03. The van der Waals surface area contributed by atoms with Gasteiger partial charge < -0.3 is 15.1 Å². The maximum atomic E-state index is 12.6. The van der Waals surface area contributed by atoms with E-state index >= 15 is 0 Å². The van der Waals surface area contributed by atoms with Gasteiger partial charge in [0.1, 0.15) is 11.5 Å². The van der Waals surface area contributed by atoms with Crippen LogP contribution in [-0.2, 0) is 0 Å². The molecule has 1 amide bonds. The van der Waals surface area contributed by atoms with E-state index in [9.17, 15) is 4.79 Å². The van der Waals surface area contributed by atoms with Crippen molar-refractivity contribution in [3.63, 3.8) is 0 Å². The number of aromatic nitrogens is 1. The molecule has 5 heteroatoms. The van der Waals surface area contributed by atoms with Gasteiger partial charge in [0, 0.05) is 26.2 Å². The molecule has 0 bridgehead atoms. The highest BCUT2D eigenvalue weighted by molar-refractivity contribution is 5.92. The summed E-state index contributed by atoms with van der Waals surface area (Å²) in [6.07, 6.45) is 3.56. The fourth-order valence-electron chi connectivity index (χ4n) is 3.69. The molecule has 2 unspecified atom stereocenters. The number of amides is 1. The number of likely N-dealkylation sites (tertiary alicyclic amines) is 2. The minimum Gasteiger partial charge on any atom is -0.373 e. The number of carbonyl (C=O) groups excluding carboxylic acids is 1. The zero-order valence-electron chi connectivity index (χ0n) is 12.9. The quantitative estimate of drug-likeness (QED) is 0.899. The first-order chi connectivity index (χ1) is 10.2. The van der Waals surface area contributed by atoms with Gasteiger partial charge in [0.2, 0.25) is 0 Å². The third-order valence-corrected chi connectivity index (χ3v) is 4.86. The molecule has 2 fully saturated rings. The molecule has 5 nitrogen and oxygen atoms in total. The highest BCUT2D eigenvalue weighted by atomic mass is 16.2. The van der Waals surface area contributed by atoms with Crippen LogP contribution < -0.4 is 5.32 Å². The summed E-state index contributed by atoms with van der Waals surface area (Å²) >= 11 is 0. The van der Waals surface area contributed by atoms with Gasteiger partial charge in [-0.2, -0.15) is 0 Å². The summed E-state index contributed by atoms with van der Waals surface area (Å²) in [4.78, 5) is 21.5. The smallest absolute Gasteiger partial charge is 0.272 e. The molecule has 2 aliphatic rings. The maximum Gasteiger partial charge on any atom is 0.272 e. The van der Waals surface area contributed by atoms with E-state index in [-0.39, 0.29) is 5.91 Å². The van der Waals surface area contributed by atoms with Gasteiger partial charge in [0.05, 0.1) is 0 Å². The molecule has 3 heterocycles. The molecular formula is C16H24N4O. The van der Waals surface area contributed by atoms with Crippen LogP contribution in [0.5, 0.6) is 0 Å². The first kappa shape index (κ1) is 14.3. The monoisotopic (exact) mass is 288 g/mol. The Morgan fingerprint density at radius 1 is 1.33 bits per heavy atom. The zero-order valence-corrected chi connectivity index (χ0v) is 12.9. The minimum atomic E-state index is 0.0683. The van der Waals surface area contributed by atoms with Gasteiger partial charge in [-0.25, -0.2) is 4.98 Å². The number of piperidine rings is 2. The molecule has 2 atom stereocenters. The van der Waals surface area contributed by atoms with Gasteiger partial charge in [-0.1, -0.05) is 6.07 Å². The van der Waals surface area contributed by atoms with Crippen molar-refractivity contribution in [1.82, 2.24) is 14.8 Å². The summed E-state index contributed by atoms with van der Waals surface area (Å²) in [5, 5.41) is 2.99. The second-order valence-corrected chi connectivity index (χ2v) is 6.15. The first-order valence-corrected chi connectivity index (χ1v) is 7.83. The maximum absolute atomic E-state index is 12.6. The molecule has 2 saturated heterocycles. The van der Waals surface area contributed by atoms with Gasteiger partial charge in [-0.3, -0.25) is 4.79 Å². The second kappa shape index (κ2) is 6.02. The SMILES string of the molecule is CNc1cccc(C(=O)N2CCC3C(CCCN3C)C2)n1. The van der Waals surface area contributed by atoms with Crippen LogP contribution >= 0.6 is 0 Å². The van der Waals surface area contributed by atoms with Crippen LogP contribution in [0.3, 0.4) is 0 Å². The molecular weight excluding hydrogens is 264 g/mol. The topological polar surface area (TPSA) is 48.5 Å². The number of hydrogen-bond donors (Lipinski definition) is 1. The van der Waals surface area contributed by atoms with Crippen molar-refractivity contribution in [2.75, 3.05) is 39.0 Å². The van der Waals surface area contributed by atoms with Crippen molar-refractivity contribution in [1.29, 1.82) is 0 Å². The number of rotatable bonds is 2. The average Bonchev–Trinajstić information content (AvgIpc) is 2.54. The molecule has 21 heavy (non-hydrogen) atoms. The van der Waals surface area contributed by atoms with E-state index in [0.717, 1.165) is 25.3 Å². The highest BCUT2D eigenvalue weighted by Crippen LogP contribution is 2.30. The van der Waals surface area contributed by atoms with E-state index in [4.69, 9.17) is 0 Å². The predicted octanol–water partition coefficient (Wildman–Crippen LogP) is 1.68. The Morgan fingerprint density at radius 3 is 3.00 bits per heavy atom. The molecule has 3 rings (SSSR count). The Kier molecular flexibility index (Phi) is 4.10. The van der Waals surface area contributed by atoms with Crippen LogP contribution in [0, 0.1) is 5.92 Å². The second-order valence-electron chi connectivity index (χ2n) is 6.15. The summed E-state index contributed by atoms with van der Waals surface area (Å²) < 4.78 is 0. The Bertz CT molecular complexity index is 519. The van der Waals surface area contributed by atoms with Crippen LogP contribution in [0.1, 0.15) is 29.8 Å². The normalized spacial score (nSPS) is 26.3. The third kappa shape index (κ3) is 2.88. The number of nitrogens with one attached hydrogen (secondary N) is 1. The van der Waals surface area contributed by atoms with Crippen LogP contribution in [0.2, 0.25) is 0 Å². The van der Waals surface area contributed by atoms with Crippen molar-refractivity contribution in [3.8, 4) is 0 Å². The van der Waals surface area contributed by atoms with Crippen LogP contribution in [0.25, 0.3) is 0 Å². The van der Waals surface area contributed by atoms with E-state index in [2.05, 4.69) is 22.2 Å². The molecule has 0 radical (unpaired) electrons. The largest absolute Gasteiger partial charge is 0.373 e. The summed E-state index contributed by atoms with van der Waals surface area (Å²) in [5.74, 6) is 1.43. The lowest BCUT2D eigenvalue weighted by Gasteiger charge is -2.45. The van der Waals surface area contributed by atoms with Crippen molar-refractivity contribution in [2.45, 2.75) is 25.3 Å². The number of fused-ring (bicyclic) bond motifs is 1. The molecule has 0 spiro atoms. The summed E-state index contributed by atoms with van der Waals surface area (Å²) in [5.41, 5.74) is 0.546. The highest BCUT2D eigenvalue weighted by Gasteiger charge is 2.36. The van der Waals surface area contributed by atoms with Gasteiger partial charge in [0.15, 0.2) is 0 Å². The summed E-state index contributed by atoms with van der Waals surface area (Å²) in [6, 6.07) is 6.22. The molecule has 0 saturated carbocycles. The molecule has 0 aromatic carbocycles. The van der Waals surface area contributed by atoms with Crippen molar-refractivity contribution < 1.29 is 4.79 Å². The standard InChI is InChI=1S/C16H24N4O/c1-17-15-7-3-6-13(18-15)16(21)20-10-8-14-12(11-20)5-4-9-19(14)2/h3,6-7,12,14H,4-5,8-11H2,1-2H3,(H,17,18). The van der Waals surface area contributed by atoms with Crippen LogP contribution in [-0.4, -0.2) is 60.5 Å². The van der Waals surface area contributed by atoms with Crippen molar-refractivity contribution >= 4 is 11.7 Å². The van der Waals surface area contributed by atoms with Crippen LogP contribution in [0.4, 0.5) is 5.82 Å². The summed E-state index contributed by atoms with van der Waals surface area (Å²) in [6.45, 7) is 2.91. The molecule has 1 aromatic heterocycles. The molecule has 1 aromatic rings. The number of nitrogens with zero attached hydrogens (tertiary/aromatic N) is 3. The lowest BCUT2D eigenvalue weighted by Crippen LogP contribution is -2.54. The Labute approximate surface area is 126 Å². The van der Waals surface area contributed by atoms with E-state index in [1.165, 1.54) is 19.4 Å². The van der Waals surface area contributed by atoms with Gasteiger partial charge >= 0.3 is 0 Å². The fraction of sp³-hybridized carbons (Fsp3) is 0.625. The molecule has 1 N–H and O–H groups in total. The number of pyridine rings is 1. The van der Waals surface area contributed by atoms with E-state index in [1.54, 1.807) is 0 Å². The third-order valence-electron chi connectivity index (χ3n) is 4.86. The van der Waals surface area contributed by atoms with Gasteiger partial charge in [0.25, 0.3) is 5.91 Å². The fourth-order valence-corrected chi connectivity index (χ4v) is 3.69. The van der Waals surface area contributed by atoms with Gasteiger partial charge in [-0.05, 0) is 50.9 Å². The zero-order chi connectivity index (χ0) is 14.8. The van der Waals surface area contributed by atoms with E-state index in [0.29, 0.717) is 17.7 Å². The van der Waals surface area contributed by atoms with Crippen molar-refractivity contribution in [2.24, 2.45) is 5.92 Å². The number of anilines is 1. The van der Waals surface area contributed by atoms with Gasteiger partial charge in [-0.15, -0.1) is 0 Å².